The first-order chi connectivity index (χ1) is 15.5. The first-order valence-electron chi connectivity index (χ1n) is 10.0. The Labute approximate surface area is 187 Å². The fourth-order valence-corrected chi connectivity index (χ4v) is 2.92. The number of hydrogen-bond donors (Lipinski definition) is 2. The van der Waals surface area contributed by atoms with Gasteiger partial charge in [-0.25, -0.2) is 14.8 Å². The molecule has 2 N–H and O–H groups in total. The molecule has 0 aliphatic rings. The molecule has 178 valence electrons. The van der Waals surface area contributed by atoms with Crippen LogP contribution in [0.2, 0.25) is 0 Å². The number of rotatable bonds is 9. The second-order valence-corrected chi connectivity index (χ2v) is 7.66. The number of halogens is 3. The lowest BCUT2D eigenvalue weighted by atomic mass is 10.3. The first-order valence-corrected chi connectivity index (χ1v) is 10.0. The minimum absolute atomic E-state index is 0.00601. The SMILES string of the molecule is Cc1ccnc(Nc2nc(N(C)C(C)C)nc3c(C(=O)O)nn(CCOCC(F)(F)F)c23)c1. The minimum atomic E-state index is -4.47. The number of nitrogens with one attached hydrogen (secondary N) is 1. The summed E-state index contributed by atoms with van der Waals surface area (Å²) >= 11 is 0. The van der Waals surface area contributed by atoms with E-state index in [1.54, 1.807) is 24.2 Å². The zero-order valence-corrected chi connectivity index (χ0v) is 18.5. The summed E-state index contributed by atoms with van der Waals surface area (Å²) in [5, 5.41) is 16.8. The van der Waals surface area contributed by atoms with Gasteiger partial charge in [-0.1, -0.05) is 0 Å². The highest BCUT2D eigenvalue weighted by atomic mass is 19.4. The van der Waals surface area contributed by atoms with Gasteiger partial charge in [0.25, 0.3) is 0 Å². The normalized spacial score (nSPS) is 11.9. The van der Waals surface area contributed by atoms with E-state index in [2.05, 4.69) is 30.1 Å². The fraction of sp³-hybridized carbons (Fsp3) is 0.450. The maximum atomic E-state index is 12.4. The van der Waals surface area contributed by atoms with E-state index in [1.807, 2.05) is 26.8 Å². The van der Waals surface area contributed by atoms with Gasteiger partial charge in [0, 0.05) is 19.3 Å². The molecule has 0 fully saturated rings. The van der Waals surface area contributed by atoms with Crippen LogP contribution in [0, 0.1) is 6.92 Å². The predicted octanol–water partition coefficient (Wildman–Crippen LogP) is 3.40. The molecule has 0 spiro atoms. The van der Waals surface area contributed by atoms with E-state index >= 15 is 0 Å². The zero-order valence-electron chi connectivity index (χ0n) is 18.5. The van der Waals surface area contributed by atoms with Gasteiger partial charge in [0.15, 0.2) is 11.5 Å². The molecular weight excluding hydrogens is 443 g/mol. The molecule has 3 aromatic heterocycles. The molecule has 33 heavy (non-hydrogen) atoms. The van der Waals surface area contributed by atoms with E-state index in [4.69, 9.17) is 0 Å². The van der Waals surface area contributed by atoms with Crippen molar-refractivity contribution in [2.24, 2.45) is 0 Å². The lowest BCUT2D eigenvalue weighted by molar-refractivity contribution is -0.174. The van der Waals surface area contributed by atoms with Crippen molar-refractivity contribution in [3.05, 3.63) is 29.6 Å². The van der Waals surface area contributed by atoms with Gasteiger partial charge < -0.3 is 20.1 Å². The summed E-state index contributed by atoms with van der Waals surface area (Å²) in [5.74, 6) is -0.406. The molecule has 0 saturated carbocycles. The number of pyridine rings is 1. The van der Waals surface area contributed by atoms with Crippen LogP contribution in [-0.4, -0.2) is 68.3 Å². The molecule has 0 radical (unpaired) electrons. The van der Waals surface area contributed by atoms with Crippen LogP contribution in [0.5, 0.6) is 0 Å². The Hall–Kier alpha value is -3.48. The molecule has 0 atom stereocenters. The molecular formula is C20H24F3N7O3. The molecule has 3 rings (SSSR count). The summed E-state index contributed by atoms with van der Waals surface area (Å²) < 4.78 is 43.1. The maximum Gasteiger partial charge on any atom is 0.411 e. The number of aromatic nitrogens is 5. The Kier molecular flexibility index (Phi) is 7.01. The highest BCUT2D eigenvalue weighted by molar-refractivity contribution is 6.03. The Morgan fingerprint density at radius 2 is 2.06 bits per heavy atom. The Balaban J connectivity index is 2.11. The summed E-state index contributed by atoms with van der Waals surface area (Å²) in [4.78, 5) is 26.8. The van der Waals surface area contributed by atoms with Crippen LogP contribution in [0.4, 0.5) is 30.8 Å². The van der Waals surface area contributed by atoms with Crippen molar-refractivity contribution in [2.45, 2.75) is 39.5 Å². The van der Waals surface area contributed by atoms with Gasteiger partial charge in [-0.3, -0.25) is 4.68 Å². The summed E-state index contributed by atoms with van der Waals surface area (Å²) in [6.45, 7) is 3.82. The number of alkyl halides is 3. The minimum Gasteiger partial charge on any atom is -0.476 e. The molecule has 0 amide bonds. The maximum absolute atomic E-state index is 12.4. The predicted molar refractivity (Wildman–Crippen MR) is 115 cm³/mol. The number of fused-ring (bicyclic) bond motifs is 1. The van der Waals surface area contributed by atoms with Crippen LogP contribution >= 0.6 is 0 Å². The highest BCUT2D eigenvalue weighted by Gasteiger charge is 2.28. The third-order valence-electron chi connectivity index (χ3n) is 4.74. The Morgan fingerprint density at radius 3 is 2.67 bits per heavy atom. The number of nitrogens with zero attached hydrogens (tertiary/aromatic N) is 6. The Bertz CT molecular complexity index is 1150. The number of carboxylic acid groups (broad SMARTS) is 1. The van der Waals surface area contributed by atoms with Crippen LogP contribution in [0.25, 0.3) is 11.0 Å². The van der Waals surface area contributed by atoms with Crippen molar-refractivity contribution in [3.8, 4) is 0 Å². The molecule has 13 heteroatoms. The van der Waals surface area contributed by atoms with Gasteiger partial charge in [-0.2, -0.15) is 23.3 Å². The molecule has 0 aliphatic carbocycles. The number of carbonyl (C=O) groups is 1. The van der Waals surface area contributed by atoms with Gasteiger partial charge in [0.2, 0.25) is 5.95 Å². The van der Waals surface area contributed by atoms with E-state index in [1.165, 1.54) is 4.68 Å². The number of hydrogen-bond acceptors (Lipinski definition) is 8. The van der Waals surface area contributed by atoms with Gasteiger partial charge in [-0.15, -0.1) is 0 Å². The lowest BCUT2D eigenvalue weighted by Crippen LogP contribution is -2.28. The molecule has 0 aromatic carbocycles. The summed E-state index contributed by atoms with van der Waals surface area (Å²) in [6, 6.07) is 3.58. The molecule has 10 nitrogen and oxygen atoms in total. The molecule has 3 aromatic rings. The van der Waals surface area contributed by atoms with Crippen LogP contribution < -0.4 is 10.2 Å². The average Bonchev–Trinajstić information content (AvgIpc) is 3.09. The van der Waals surface area contributed by atoms with E-state index in [0.717, 1.165) is 5.56 Å². The van der Waals surface area contributed by atoms with Gasteiger partial charge >= 0.3 is 12.1 Å². The first kappa shape index (κ1) is 24.2. The fourth-order valence-electron chi connectivity index (χ4n) is 2.92. The van der Waals surface area contributed by atoms with E-state index in [0.29, 0.717) is 5.82 Å². The quantitative estimate of drug-likeness (QED) is 0.457. The monoisotopic (exact) mass is 467 g/mol. The topological polar surface area (TPSA) is 118 Å². The molecule has 0 unspecified atom stereocenters. The van der Waals surface area contributed by atoms with Gasteiger partial charge in [0.05, 0.1) is 13.2 Å². The smallest absolute Gasteiger partial charge is 0.411 e. The van der Waals surface area contributed by atoms with Crippen LogP contribution in [0.3, 0.4) is 0 Å². The average molecular weight is 467 g/mol. The second-order valence-electron chi connectivity index (χ2n) is 7.66. The summed E-state index contributed by atoms with van der Waals surface area (Å²) in [5.41, 5.74) is 0.845. The Morgan fingerprint density at radius 1 is 1.33 bits per heavy atom. The van der Waals surface area contributed by atoms with Crippen molar-refractivity contribution in [2.75, 3.05) is 30.5 Å². The number of aryl methyl sites for hydroxylation is 1. The lowest BCUT2D eigenvalue weighted by Gasteiger charge is -2.22. The van der Waals surface area contributed by atoms with Crippen molar-refractivity contribution < 1.29 is 27.8 Å². The van der Waals surface area contributed by atoms with Crippen molar-refractivity contribution >= 4 is 34.6 Å². The molecule has 3 heterocycles. The van der Waals surface area contributed by atoms with Gasteiger partial charge in [-0.05, 0) is 38.5 Å². The number of ether oxygens (including phenoxy) is 1. The number of carboxylic acids is 1. The van der Waals surface area contributed by atoms with E-state index in [9.17, 15) is 23.1 Å². The van der Waals surface area contributed by atoms with Crippen LogP contribution in [-0.2, 0) is 11.3 Å². The molecule has 0 aliphatic heterocycles. The number of anilines is 3. The van der Waals surface area contributed by atoms with E-state index in [-0.39, 0.29) is 47.7 Å². The van der Waals surface area contributed by atoms with Crippen LogP contribution in [0.1, 0.15) is 29.9 Å². The third-order valence-corrected chi connectivity index (χ3v) is 4.74. The van der Waals surface area contributed by atoms with Crippen molar-refractivity contribution in [1.29, 1.82) is 0 Å². The van der Waals surface area contributed by atoms with E-state index < -0.39 is 18.8 Å². The van der Waals surface area contributed by atoms with Crippen molar-refractivity contribution in [1.82, 2.24) is 24.7 Å². The summed E-state index contributed by atoms with van der Waals surface area (Å²) in [6.07, 6.45) is -2.87. The second kappa shape index (κ2) is 9.57. The highest BCUT2D eigenvalue weighted by Crippen LogP contribution is 2.29. The van der Waals surface area contributed by atoms with Crippen molar-refractivity contribution in [3.63, 3.8) is 0 Å². The third kappa shape index (κ3) is 5.86. The molecule has 0 bridgehead atoms. The zero-order chi connectivity index (χ0) is 24.3. The standard InChI is InChI=1S/C20H24F3N7O3/c1-11(2)29(4)19-26-14-15(18(31)32)28-30(7-8-33-10-20(21,22)23)16(14)17(27-19)25-13-9-12(3)5-6-24-13/h5-6,9,11H,7-8,10H2,1-4H3,(H,31,32)(H,24,25,26,27). The summed E-state index contributed by atoms with van der Waals surface area (Å²) in [7, 11) is 1.76. The van der Waals surface area contributed by atoms with Gasteiger partial charge in [0.1, 0.15) is 23.5 Å². The largest absolute Gasteiger partial charge is 0.476 e. The number of aromatic carboxylic acids is 1. The molecule has 0 saturated heterocycles. The van der Waals surface area contributed by atoms with Crippen LogP contribution in [0.15, 0.2) is 18.3 Å².